The summed E-state index contributed by atoms with van der Waals surface area (Å²) < 4.78 is 19.1. The van der Waals surface area contributed by atoms with E-state index >= 15 is 0 Å². The highest BCUT2D eigenvalue weighted by molar-refractivity contribution is 5.47. The summed E-state index contributed by atoms with van der Waals surface area (Å²) in [6.45, 7) is 2.20. The molecule has 3 nitrogen and oxygen atoms in total. The van der Waals surface area contributed by atoms with Crippen molar-refractivity contribution in [2.75, 3.05) is 25.9 Å². The van der Waals surface area contributed by atoms with Crippen molar-refractivity contribution in [2.24, 2.45) is 0 Å². The van der Waals surface area contributed by atoms with Crippen molar-refractivity contribution in [3.05, 3.63) is 29.6 Å². The number of ether oxygens (including phenoxy) is 1. The first-order chi connectivity index (χ1) is 8.16. The molecule has 17 heavy (non-hydrogen) atoms. The summed E-state index contributed by atoms with van der Waals surface area (Å²) in [5, 5.41) is 0. The van der Waals surface area contributed by atoms with Gasteiger partial charge < -0.3 is 10.5 Å². The van der Waals surface area contributed by atoms with E-state index in [1.807, 2.05) is 7.05 Å². The maximum absolute atomic E-state index is 13.6. The fourth-order valence-corrected chi connectivity index (χ4v) is 2.21. The van der Waals surface area contributed by atoms with Gasteiger partial charge in [0.15, 0.2) is 0 Å². The first-order valence-corrected chi connectivity index (χ1v) is 6.00. The summed E-state index contributed by atoms with van der Waals surface area (Å²) in [7, 11) is 1.97. The molecule has 0 spiro atoms. The molecule has 0 aromatic heterocycles. The predicted molar refractivity (Wildman–Crippen MR) is 66.1 cm³/mol. The third kappa shape index (κ3) is 3.17. The van der Waals surface area contributed by atoms with Gasteiger partial charge in [-0.25, -0.2) is 4.39 Å². The number of hydrogen-bond donors (Lipinski definition) is 1. The van der Waals surface area contributed by atoms with Crippen LogP contribution in [0, 0.1) is 5.82 Å². The minimum Gasteiger partial charge on any atom is -0.398 e. The first-order valence-electron chi connectivity index (χ1n) is 6.00. The number of hydrogen-bond acceptors (Lipinski definition) is 3. The number of rotatable bonds is 4. The van der Waals surface area contributed by atoms with Crippen LogP contribution in [0.1, 0.15) is 18.4 Å². The molecule has 94 valence electrons. The Hall–Kier alpha value is -1.13. The molecule has 2 N–H and O–H groups in total. The summed E-state index contributed by atoms with van der Waals surface area (Å²) in [6, 6.07) is 4.82. The van der Waals surface area contributed by atoms with E-state index in [9.17, 15) is 4.39 Å². The van der Waals surface area contributed by atoms with Crippen LogP contribution in [0.3, 0.4) is 0 Å². The third-order valence-electron chi connectivity index (χ3n) is 3.12. The van der Waals surface area contributed by atoms with Crippen LogP contribution in [-0.2, 0) is 11.3 Å². The number of likely N-dealkylation sites (N-methyl/N-ethyl adjacent to an activating group) is 1. The maximum Gasteiger partial charge on any atom is 0.129 e. The Morgan fingerprint density at radius 2 is 2.35 bits per heavy atom. The Kier molecular flexibility index (Phi) is 3.97. The van der Waals surface area contributed by atoms with Crippen LogP contribution < -0.4 is 5.73 Å². The Balaban J connectivity index is 1.95. The van der Waals surface area contributed by atoms with Crippen molar-refractivity contribution < 1.29 is 9.13 Å². The van der Waals surface area contributed by atoms with Gasteiger partial charge in [0.25, 0.3) is 0 Å². The van der Waals surface area contributed by atoms with Crippen LogP contribution in [0.2, 0.25) is 0 Å². The molecule has 1 aromatic carbocycles. The lowest BCUT2D eigenvalue weighted by atomic mass is 10.1. The van der Waals surface area contributed by atoms with Gasteiger partial charge in [0.05, 0.1) is 6.10 Å². The summed E-state index contributed by atoms with van der Waals surface area (Å²) >= 11 is 0. The van der Waals surface area contributed by atoms with E-state index in [0.29, 0.717) is 17.8 Å². The minimum atomic E-state index is -0.232. The number of benzene rings is 1. The van der Waals surface area contributed by atoms with Gasteiger partial charge in [-0.1, -0.05) is 6.07 Å². The maximum atomic E-state index is 13.6. The Morgan fingerprint density at radius 3 is 3.00 bits per heavy atom. The molecule has 1 fully saturated rings. The SMILES string of the molecule is CN(Cc1c(N)cccc1F)CC1CCCO1. The van der Waals surface area contributed by atoms with Gasteiger partial charge >= 0.3 is 0 Å². The van der Waals surface area contributed by atoms with Crippen molar-refractivity contribution in [2.45, 2.75) is 25.5 Å². The molecule has 1 aromatic rings. The van der Waals surface area contributed by atoms with Crippen LogP contribution >= 0.6 is 0 Å². The molecule has 0 amide bonds. The van der Waals surface area contributed by atoms with E-state index in [2.05, 4.69) is 4.90 Å². The van der Waals surface area contributed by atoms with Gasteiger partial charge in [-0.2, -0.15) is 0 Å². The highest BCUT2D eigenvalue weighted by Crippen LogP contribution is 2.19. The van der Waals surface area contributed by atoms with Gasteiger partial charge in [-0.15, -0.1) is 0 Å². The van der Waals surface area contributed by atoms with E-state index in [1.165, 1.54) is 6.07 Å². The average Bonchev–Trinajstić information content (AvgIpc) is 2.76. The van der Waals surface area contributed by atoms with Crippen molar-refractivity contribution in [3.63, 3.8) is 0 Å². The quantitative estimate of drug-likeness (QED) is 0.816. The smallest absolute Gasteiger partial charge is 0.129 e. The number of anilines is 1. The van der Waals surface area contributed by atoms with Crippen molar-refractivity contribution in [1.82, 2.24) is 4.90 Å². The normalized spacial score (nSPS) is 20.1. The zero-order valence-corrected chi connectivity index (χ0v) is 10.2. The molecule has 0 saturated carbocycles. The molecule has 1 aliphatic rings. The summed E-state index contributed by atoms with van der Waals surface area (Å²) in [4.78, 5) is 2.06. The fourth-order valence-electron chi connectivity index (χ4n) is 2.21. The second-order valence-corrected chi connectivity index (χ2v) is 4.64. The molecule has 0 aliphatic carbocycles. The van der Waals surface area contributed by atoms with Gasteiger partial charge in [-0.3, -0.25) is 4.90 Å². The Labute approximate surface area is 101 Å². The monoisotopic (exact) mass is 238 g/mol. The highest BCUT2D eigenvalue weighted by Gasteiger charge is 2.18. The van der Waals surface area contributed by atoms with Gasteiger partial charge in [-0.05, 0) is 32.0 Å². The lowest BCUT2D eigenvalue weighted by Crippen LogP contribution is -2.29. The summed E-state index contributed by atoms with van der Waals surface area (Å²) in [5.74, 6) is -0.232. The molecule has 2 rings (SSSR count). The highest BCUT2D eigenvalue weighted by atomic mass is 19.1. The Morgan fingerprint density at radius 1 is 1.53 bits per heavy atom. The van der Waals surface area contributed by atoms with Gasteiger partial charge in [0, 0.05) is 30.9 Å². The number of nitrogens with two attached hydrogens (primary N) is 1. The Bertz CT molecular complexity index is 357. The van der Waals surface area contributed by atoms with E-state index in [4.69, 9.17) is 10.5 Å². The second-order valence-electron chi connectivity index (χ2n) is 4.64. The van der Waals surface area contributed by atoms with Crippen molar-refractivity contribution in [3.8, 4) is 0 Å². The molecular weight excluding hydrogens is 219 g/mol. The molecule has 1 saturated heterocycles. The number of halogens is 1. The molecule has 0 bridgehead atoms. The van der Waals surface area contributed by atoms with E-state index < -0.39 is 0 Å². The number of nitrogen functional groups attached to an aromatic ring is 1. The zero-order valence-electron chi connectivity index (χ0n) is 10.2. The van der Waals surface area contributed by atoms with Crippen LogP contribution in [0.15, 0.2) is 18.2 Å². The van der Waals surface area contributed by atoms with Crippen molar-refractivity contribution in [1.29, 1.82) is 0 Å². The molecule has 4 heteroatoms. The van der Waals surface area contributed by atoms with Gasteiger partial charge in [0.2, 0.25) is 0 Å². The molecule has 0 radical (unpaired) electrons. The predicted octanol–water partition coefficient (Wildman–Crippen LogP) is 2.02. The van der Waals surface area contributed by atoms with E-state index in [0.717, 1.165) is 26.0 Å². The average molecular weight is 238 g/mol. The van der Waals surface area contributed by atoms with Crippen LogP contribution in [0.25, 0.3) is 0 Å². The molecular formula is C13H19FN2O. The summed E-state index contributed by atoms with van der Waals surface area (Å²) in [6.07, 6.45) is 2.50. The molecule has 1 heterocycles. The molecule has 1 unspecified atom stereocenters. The number of nitrogens with zero attached hydrogens (tertiary/aromatic N) is 1. The largest absolute Gasteiger partial charge is 0.398 e. The lowest BCUT2D eigenvalue weighted by Gasteiger charge is -2.21. The topological polar surface area (TPSA) is 38.5 Å². The summed E-state index contributed by atoms with van der Waals surface area (Å²) in [5.41, 5.74) is 6.87. The van der Waals surface area contributed by atoms with Crippen LogP contribution in [0.4, 0.5) is 10.1 Å². The minimum absolute atomic E-state index is 0.232. The van der Waals surface area contributed by atoms with Crippen LogP contribution in [-0.4, -0.2) is 31.2 Å². The molecule has 1 atom stereocenters. The van der Waals surface area contributed by atoms with Gasteiger partial charge in [0.1, 0.15) is 5.82 Å². The van der Waals surface area contributed by atoms with Crippen LogP contribution in [0.5, 0.6) is 0 Å². The van der Waals surface area contributed by atoms with E-state index in [1.54, 1.807) is 12.1 Å². The standard InChI is InChI=1S/C13H19FN2O/c1-16(8-10-4-3-7-17-10)9-11-12(14)5-2-6-13(11)15/h2,5-6,10H,3-4,7-9,15H2,1H3. The zero-order chi connectivity index (χ0) is 12.3. The first kappa shape index (κ1) is 12.3. The fraction of sp³-hybridized carbons (Fsp3) is 0.538. The third-order valence-corrected chi connectivity index (χ3v) is 3.12. The van der Waals surface area contributed by atoms with E-state index in [-0.39, 0.29) is 11.9 Å². The second kappa shape index (κ2) is 5.47. The van der Waals surface area contributed by atoms with Crippen molar-refractivity contribution >= 4 is 5.69 Å². The lowest BCUT2D eigenvalue weighted by molar-refractivity contribution is 0.0791. The molecule has 1 aliphatic heterocycles.